The lowest BCUT2D eigenvalue weighted by atomic mass is 9.83. The van der Waals surface area contributed by atoms with Gasteiger partial charge in [-0.1, -0.05) is 29.8 Å². The molecule has 0 aliphatic carbocycles. The molecule has 1 aromatic carbocycles. The van der Waals surface area contributed by atoms with E-state index in [4.69, 9.17) is 9.31 Å². The van der Waals surface area contributed by atoms with Crippen molar-refractivity contribution in [2.24, 2.45) is 0 Å². The second-order valence-corrected chi connectivity index (χ2v) is 6.93. The van der Waals surface area contributed by atoms with E-state index in [1.165, 1.54) is 11.1 Å². The molecule has 0 saturated carbocycles. The number of hydrogen-bond acceptors (Lipinski definition) is 3. The second-order valence-electron chi connectivity index (χ2n) is 6.93. The minimum absolute atomic E-state index is 0.349. The molecule has 0 spiro atoms. The van der Waals surface area contributed by atoms with Gasteiger partial charge in [-0.05, 0) is 57.9 Å². The Balaban J connectivity index is 1.93. The molecule has 3 nitrogen and oxygen atoms in total. The number of nitrogens with zero attached hydrogens (tertiary/aromatic N) is 1. The van der Waals surface area contributed by atoms with Crippen molar-refractivity contribution in [1.82, 2.24) is 4.98 Å². The van der Waals surface area contributed by atoms with E-state index in [0.29, 0.717) is 0 Å². The molecule has 0 N–H and O–H groups in total. The van der Waals surface area contributed by atoms with Crippen LogP contribution in [0.2, 0.25) is 0 Å². The fraction of sp³-hybridized carbons (Fsp3) is 0.389. The van der Waals surface area contributed by atoms with Crippen LogP contribution in [-0.2, 0) is 9.31 Å². The van der Waals surface area contributed by atoms with E-state index in [1.807, 2.05) is 12.3 Å². The lowest BCUT2D eigenvalue weighted by Crippen LogP contribution is -2.41. The van der Waals surface area contributed by atoms with E-state index in [0.717, 1.165) is 11.2 Å². The molecule has 0 unspecified atom stereocenters. The van der Waals surface area contributed by atoms with Crippen molar-refractivity contribution in [3.8, 4) is 11.1 Å². The predicted molar refractivity (Wildman–Crippen MR) is 90.1 cm³/mol. The van der Waals surface area contributed by atoms with Crippen LogP contribution in [0.3, 0.4) is 0 Å². The van der Waals surface area contributed by atoms with E-state index in [-0.39, 0.29) is 11.2 Å². The number of hydrogen-bond donors (Lipinski definition) is 0. The Morgan fingerprint density at radius 3 is 2.18 bits per heavy atom. The molecule has 4 heteroatoms. The quantitative estimate of drug-likeness (QED) is 0.796. The Bertz CT molecular complexity index is 681. The van der Waals surface area contributed by atoms with Crippen molar-refractivity contribution in [3.05, 3.63) is 48.2 Å². The van der Waals surface area contributed by atoms with Crippen LogP contribution in [0, 0.1) is 6.92 Å². The van der Waals surface area contributed by atoms with Crippen molar-refractivity contribution in [2.45, 2.75) is 45.8 Å². The minimum Gasteiger partial charge on any atom is -0.398 e. The molecule has 0 atom stereocenters. The van der Waals surface area contributed by atoms with Crippen LogP contribution in [0.15, 0.2) is 42.6 Å². The molecule has 1 fully saturated rings. The molecule has 0 radical (unpaired) electrons. The Hall–Kier alpha value is -1.65. The zero-order chi connectivity index (χ0) is 16.0. The Morgan fingerprint density at radius 1 is 0.909 bits per heavy atom. The number of aryl methyl sites for hydroxylation is 1. The summed E-state index contributed by atoms with van der Waals surface area (Å²) < 4.78 is 12.2. The van der Waals surface area contributed by atoms with Crippen molar-refractivity contribution in [2.75, 3.05) is 0 Å². The Morgan fingerprint density at radius 2 is 1.55 bits per heavy atom. The van der Waals surface area contributed by atoms with E-state index in [2.05, 4.69) is 69.9 Å². The SMILES string of the molecule is Cc1cccc(-c2ccnc(B3OC(C)(C)C(C)(C)O3)c2)c1. The largest absolute Gasteiger partial charge is 0.514 e. The highest BCUT2D eigenvalue weighted by atomic mass is 16.7. The van der Waals surface area contributed by atoms with Crippen LogP contribution in [0.1, 0.15) is 33.3 Å². The third-order valence-electron chi connectivity index (χ3n) is 4.63. The fourth-order valence-corrected chi connectivity index (χ4v) is 2.55. The van der Waals surface area contributed by atoms with E-state index in [9.17, 15) is 0 Å². The van der Waals surface area contributed by atoms with Gasteiger partial charge >= 0.3 is 7.12 Å². The summed E-state index contributed by atoms with van der Waals surface area (Å²) in [7, 11) is -0.422. The molecule has 2 aromatic rings. The standard InChI is InChI=1S/C18H22BNO2/c1-13-7-6-8-14(11-13)15-9-10-20-16(12-15)19-21-17(2,3)18(4,5)22-19/h6-12H,1-5H3. The maximum Gasteiger partial charge on any atom is 0.514 e. The average Bonchev–Trinajstić information content (AvgIpc) is 2.68. The lowest BCUT2D eigenvalue weighted by molar-refractivity contribution is 0.00578. The first kappa shape index (κ1) is 15.3. The van der Waals surface area contributed by atoms with Gasteiger partial charge in [-0.2, -0.15) is 0 Å². The zero-order valence-corrected chi connectivity index (χ0v) is 13.9. The Kier molecular flexibility index (Phi) is 3.62. The smallest absolute Gasteiger partial charge is 0.398 e. The van der Waals surface area contributed by atoms with Gasteiger partial charge in [0.15, 0.2) is 0 Å². The topological polar surface area (TPSA) is 31.4 Å². The summed E-state index contributed by atoms with van der Waals surface area (Å²) in [5, 5.41) is 0. The molecule has 1 saturated heterocycles. The van der Waals surface area contributed by atoms with Gasteiger partial charge in [0.2, 0.25) is 0 Å². The first-order valence-electron chi connectivity index (χ1n) is 7.67. The summed E-state index contributed by atoms with van der Waals surface area (Å²) in [6.07, 6.45) is 1.82. The summed E-state index contributed by atoms with van der Waals surface area (Å²) in [6, 6.07) is 12.5. The number of benzene rings is 1. The molecule has 1 aliphatic rings. The van der Waals surface area contributed by atoms with Crippen molar-refractivity contribution in [3.63, 3.8) is 0 Å². The first-order chi connectivity index (χ1) is 10.3. The van der Waals surface area contributed by atoms with Gasteiger partial charge in [-0.25, -0.2) is 0 Å². The van der Waals surface area contributed by atoms with Gasteiger partial charge in [-0.15, -0.1) is 0 Å². The fourth-order valence-electron chi connectivity index (χ4n) is 2.55. The van der Waals surface area contributed by atoms with E-state index >= 15 is 0 Å². The predicted octanol–water partition coefficient (Wildman–Crippen LogP) is 3.36. The van der Waals surface area contributed by atoms with Gasteiger partial charge in [-0.3, -0.25) is 4.98 Å². The van der Waals surface area contributed by atoms with Crippen LogP contribution < -0.4 is 5.59 Å². The highest BCUT2D eigenvalue weighted by molar-refractivity contribution is 6.61. The molecule has 22 heavy (non-hydrogen) atoms. The monoisotopic (exact) mass is 295 g/mol. The molecule has 0 amide bonds. The summed E-state index contributed by atoms with van der Waals surface area (Å²) in [4.78, 5) is 4.45. The maximum absolute atomic E-state index is 6.08. The molecule has 2 heterocycles. The van der Waals surface area contributed by atoms with Gasteiger partial charge in [0.25, 0.3) is 0 Å². The van der Waals surface area contributed by atoms with Crippen LogP contribution in [-0.4, -0.2) is 23.3 Å². The van der Waals surface area contributed by atoms with Gasteiger partial charge in [0.1, 0.15) is 0 Å². The van der Waals surface area contributed by atoms with Crippen molar-refractivity contribution >= 4 is 12.7 Å². The molecule has 1 aromatic heterocycles. The van der Waals surface area contributed by atoms with E-state index < -0.39 is 7.12 Å². The highest BCUT2D eigenvalue weighted by Gasteiger charge is 2.52. The van der Waals surface area contributed by atoms with Crippen LogP contribution in [0.25, 0.3) is 11.1 Å². The minimum atomic E-state index is -0.422. The normalized spacial score (nSPS) is 19.4. The molecule has 3 rings (SSSR count). The molecule has 114 valence electrons. The van der Waals surface area contributed by atoms with Gasteiger partial charge in [0, 0.05) is 6.20 Å². The third kappa shape index (κ3) is 2.69. The highest BCUT2D eigenvalue weighted by Crippen LogP contribution is 2.36. The number of aromatic nitrogens is 1. The van der Waals surface area contributed by atoms with Crippen molar-refractivity contribution < 1.29 is 9.31 Å². The lowest BCUT2D eigenvalue weighted by Gasteiger charge is -2.32. The summed E-state index contributed by atoms with van der Waals surface area (Å²) >= 11 is 0. The van der Waals surface area contributed by atoms with Crippen molar-refractivity contribution in [1.29, 1.82) is 0 Å². The third-order valence-corrected chi connectivity index (χ3v) is 4.63. The van der Waals surface area contributed by atoms with Crippen LogP contribution in [0.4, 0.5) is 0 Å². The van der Waals surface area contributed by atoms with Gasteiger partial charge in [0.05, 0.1) is 16.8 Å². The second kappa shape index (κ2) is 5.22. The molecule has 0 bridgehead atoms. The molecular weight excluding hydrogens is 273 g/mol. The van der Waals surface area contributed by atoms with Gasteiger partial charge < -0.3 is 9.31 Å². The summed E-state index contributed by atoms with van der Waals surface area (Å²) in [5.74, 6) is 0. The molecule has 1 aliphatic heterocycles. The number of rotatable bonds is 2. The molecular formula is C18H22BNO2. The first-order valence-corrected chi connectivity index (χ1v) is 7.67. The summed E-state index contributed by atoms with van der Waals surface area (Å²) in [6.45, 7) is 10.3. The average molecular weight is 295 g/mol. The maximum atomic E-state index is 6.08. The van der Waals surface area contributed by atoms with Crippen LogP contribution in [0.5, 0.6) is 0 Å². The zero-order valence-electron chi connectivity index (χ0n) is 13.9. The number of pyridine rings is 1. The van der Waals surface area contributed by atoms with Crippen LogP contribution >= 0.6 is 0 Å². The van der Waals surface area contributed by atoms with E-state index in [1.54, 1.807) is 0 Å². The Labute approximate surface area is 132 Å². The summed E-state index contributed by atoms with van der Waals surface area (Å²) in [5.41, 5.74) is 3.67.